The van der Waals surface area contributed by atoms with Gasteiger partial charge in [-0.05, 0) is 25.5 Å². The summed E-state index contributed by atoms with van der Waals surface area (Å²) in [6.07, 6.45) is 3.73. The predicted molar refractivity (Wildman–Crippen MR) is 63.0 cm³/mol. The highest BCUT2D eigenvalue weighted by Crippen LogP contribution is 2.06. The Balaban J connectivity index is 1.74. The summed E-state index contributed by atoms with van der Waals surface area (Å²) in [4.78, 5) is 11.0. The number of hydrogen-bond donors (Lipinski definition) is 2. The van der Waals surface area contributed by atoms with Gasteiger partial charge in [-0.2, -0.15) is 0 Å². The van der Waals surface area contributed by atoms with Crippen LogP contribution in [0.4, 0.5) is 0 Å². The Bertz CT molecular complexity index is 359. The molecular formula is C12H19N3O. The second-order valence-electron chi connectivity index (χ2n) is 4.22. The van der Waals surface area contributed by atoms with E-state index in [2.05, 4.69) is 40.5 Å². The summed E-state index contributed by atoms with van der Waals surface area (Å²) in [5, 5.41) is 6.34. The molecule has 0 saturated carbocycles. The molecule has 4 heteroatoms. The van der Waals surface area contributed by atoms with E-state index in [9.17, 15) is 4.79 Å². The molecule has 2 heterocycles. The molecule has 4 nitrogen and oxygen atoms in total. The summed E-state index contributed by atoms with van der Waals surface area (Å²) >= 11 is 0. The summed E-state index contributed by atoms with van der Waals surface area (Å²) in [6, 6.07) is 4.51. The Morgan fingerprint density at radius 3 is 3.19 bits per heavy atom. The number of hydrogen-bond acceptors (Lipinski definition) is 2. The van der Waals surface area contributed by atoms with E-state index in [1.165, 1.54) is 5.69 Å². The van der Waals surface area contributed by atoms with Crippen molar-refractivity contribution in [2.45, 2.75) is 38.9 Å². The fourth-order valence-corrected chi connectivity index (χ4v) is 2.12. The van der Waals surface area contributed by atoms with E-state index in [4.69, 9.17) is 0 Å². The molecule has 1 saturated heterocycles. The van der Waals surface area contributed by atoms with Gasteiger partial charge in [-0.1, -0.05) is 0 Å². The third-order valence-electron chi connectivity index (χ3n) is 3.05. The van der Waals surface area contributed by atoms with E-state index in [1.54, 1.807) is 0 Å². The largest absolute Gasteiger partial charge is 0.352 e. The van der Waals surface area contributed by atoms with Crippen LogP contribution in [0, 0.1) is 0 Å². The van der Waals surface area contributed by atoms with Crippen LogP contribution in [0.5, 0.6) is 0 Å². The zero-order valence-corrected chi connectivity index (χ0v) is 9.70. The summed E-state index contributed by atoms with van der Waals surface area (Å²) in [5.41, 5.74) is 1.30. The van der Waals surface area contributed by atoms with E-state index in [-0.39, 0.29) is 5.91 Å². The van der Waals surface area contributed by atoms with Gasteiger partial charge in [0.05, 0.1) is 0 Å². The number of rotatable bonds is 5. The van der Waals surface area contributed by atoms with Crippen LogP contribution in [0.15, 0.2) is 18.3 Å². The van der Waals surface area contributed by atoms with Crippen molar-refractivity contribution in [2.24, 2.45) is 0 Å². The van der Waals surface area contributed by atoms with Gasteiger partial charge in [-0.25, -0.2) is 0 Å². The minimum Gasteiger partial charge on any atom is -0.352 e. The number of carbonyl (C=O) groups excluding carboxylic acids is 1. The van der Waals surface area contributed by atoms with Gasteiger partial charge in [0.2, 0.25) is 5.91 Å². The molecule has 2 N–H and O–H groups in total. The fourth-order valence-electron chi connectivity index (χ4n) is 2.12. The van der Waals surface area contributed by atoms with Crippen molar-refractivity contribution < 1.29 is 4.79 Å². The van der Waals surface area contributed by atoms with Crippen LogP contribution in [0.25, 0.3) is 0 Å². The summed E-state index contributed by atoms with van der Waals surface area (Å²) in [6.45, 7) is 4.87. The van der Waals surface area contributed by atoms with Gasteiger partial charge < -0.3 is 15.2 Å². The first kappa shape index (κ1) is 11.2. The molecular weight excluding hydrogens is 202 g/mol. The smallest absolute Gasteiger partial charge is 0.220 e. The van der Waals surface area contributed by atoms with E-state index in [0.717, 1.165) is 26.1 Å². The highest BCUT2D eigenvalue weighted by Gasteiger charge is 2.19. The van der Waals surface area contributed by atoms with Gasteiger partial charge in [0.15, 0.2) is 0 Å². The highest BCUT2D eigenvalue weighted by molar-refractivity contribution is 5.78. The van der Waals surface area contributed by atoms with Crippen LogP contribution in [0.2, 0.25) is 0 Å². The SMILES string of the molecule is CCn1cccc1CNCC1CCC(=O)N1. The van der Waals surface area contributed by atoms with E-state index in [1.807, 2.05) is 0 Å². The standard InChI is InChI=1S/C12H19N3O/c1-2-15-7-3-4-11(15)9-13-8-10-5-6-12(16)14-10/h3-4,7,10,13H,2,5-6,8-9H2,1H3,(H,14,16). The maximum atomic E-state index is 11.0. The van der Waals surface area contributed by atoms with Crippen LogP contribution in [0.1, 0.15) is 25.5 Å². The van der Waals surface area contributed by atoms with Crippen molar-refractivity contribution in [2.75, 3.05) is 6.54 Å². The zero-order chi connectivity index (χ0) is 11.4. The first-order valence-corrected chi connectivity index (χ1v) is 5.93. The molecule has 1 aromatic rings. The minimum absolute atomic E-state index is 0.184. The van der Waals surface area contributed by atoms with E-state index < -0.39 is 0 Å². The van der Waals surface area contributed by atoms with Crippen LogP contribution < -0.4 is 10.6 Å². The quantitative estimate of drug-likeness (QED) is 0.775. The summed E-state index contributed by atoms with van der Waals surface area (Å²) in [7, 11) is 0. The molecule has 0 aliphatic carbocycles. The minimum atomic E-state index is 0.184. The van der Waals surface area contributed by atoms with Crippen molar-refractivity contribution in [3.63, 3.8) is 0 Å². The molecule has 0 spiro atoms. The van der Waals surface area contributed by atoms with Crippen molar-refractivity contribution in [1.29, 1.82) is 0 Å². The van der Waals surface area contributed by atoms with Gasteiger partial charge in [-0.3, -0.25) is 4.79 Å². The van der Waals surface area contributed by atoms with Crippen LogP contribution in [-0.4, -0.2) is 23.1 Å². The molecule has 1 atom stereocenters. The number of aryl methyl sites for hydroxylation is 1. The third kappa shape index (κ3) is 2.64. The molecule has 1 amide bonds. The Hall–Kier alpha value is -1.29. The number of carbonyl (C=O) groups is 1. The van der Waals surface area contributed by atoms with E-state index in [0.29, 0.717) is 12.5 Å². The molecule has 1 fully saturated rings. The van der Waals surface area contributed by atoms with Gasteiger partial charge in [-0.15, -0.1) is 0 Å². The Morgan fingerprint density at radius 2 is 2.50 bits per heavy atom. The molecule has 1 aliphatic heterocycles. The molecule has 88 valence electrons. The molecule has 0 aromatic carbocycles. The van der Waals surface area contributed by atoms with Gasteiger partial charge in [0, 0.05) is 44.0 Å². The van der Waals surface area contributed by atoms with Crippen molar-refractivity contribution in [3.05, 3.63) is 24.0 Å². The average Bonchev–Trinajstić information content (AvgIpc) is 2.87. The summed E-state index contributed by atoms with van der Waals surface area (Å²) in [5.74, 6) is 0.184. The third-order valence-corrected chi connectivity index (χ3v) is 3.05. The molecule has 1 aliphatic rings. The highest BCUT2D eigenvalue weighted by atomic mass is 16.1. The molecule has 0 bridgehead atoms. The number of aromatic nitrogens is 1. The van der Waals surface area contributed by atoms with Crippen molar-refractivity contribution >= 4 is 5.91 Å². The average molecular weight is 221 g/mol. The monoisotopic (exact) mass is 221 g/mol. The lowest BCUT2D eigenvalue weighted by Crippen LogP contribution is -2.35. The number of nitrogens with one attached hydrogen (secondary N) is 2. The van der Waals surface area contributed by atoms with Gasteiger partial charge in [0.25, 0.3) is 0 Å². The predicted octanol–water partition coefficient (Wildman–Crippen LogP) is 0.876. The number of amides is 1. The van der Waals surface area contributed by atoms with Gasteiger partial charge in [0.1, 0.15) is 0 Å². The fraction of sp³-hybridized carbons (Fsp3) is 0.583. The van der Waals surface area contributed by atoms with Crippen LogP contribution in [0.3, 0.4) is 0 Å². The maximum absolute atomic E-state index is 11.0. The second-order valence-corrected chi connectivity index (χ2v) is 4.22. The molecule has 2 rings (SSSR count). The lowest BCUT2D eigenvalue weighted by atomic mass is 10.2. The second kappa shape index (κ2) is 5.16. The van der Waals surface area contributed by atoms with Gasteiger partial charge >= 0.3 is 0 Å². The first-order valence-electron chi connectivity index (χ1n) is 5.93. The molecule has 16 heavy (non-hydrogen) atoms. The topological polar surface area (TPSA) is 46.1 Å². The maximum Gasteiger partial charge on any atom is 0.220 e. The van der Waals surface area contributed by atoms with Crippen LogP contribution in [-0.2, 0) is 17.9 Å². The Labute approximate surface area is 96.0 Å². The van der Waals surface area contributed by atoms with Crippen molar-refractivity contribution in [3.8, 4) is 0 Å². The molecule has 1 unspecified atom stereocenters. The van der Waals surface area contributed by atoms with Crippen LogP contribution >= 0.6 is 0 Å². The van der Waals surface area contributed by atoms with Crippen molar-refractivity contribution in [1.82, 2.24) is 15.2 Å². The lowest BCUT2D eigenvalue weighted by molar-refractivity contribution is -0.119. The lowest BCUT2D eigenvalue weighted by Gasteiger charge is -2.12. The zero-order valence-electron chi connectivity index (χ0n) is 9.70. The van der Waals surface area contributed by atoms with E-state index >= 15 is 0 Å². The first-order chi connectivity index (χ1) is 7.79. The normalized spacial score (nSPS) is 20.1. The Morgan fingerprint density at radius 1 is 1.62 bits per heavy atom. The molecule has 1 aromatic heterocycles. The number of nitrogens with zero attached hydrogens (tertiary/aromatic N) is 1. The summed E-state index contributed by atoms with van der Waals surface area (Å²) < 4.78 is 2.22. The molecule has 0 radical (unpaired) electrons. The Kier molecular flexibility index (Phi) is 3.62.